The molecule has 0 radical (unpaired) electrons. The van der Waals surface area contributed by atoms with Crippen LogP contribution in [0.15, 0.2) is 64.9 Å². The monoisotopic (exact) mass is 679 g/mol. The number of hydrogen-bond donors (Lipinski definition) is 6. The number of benzene rings is 1. The van der Waals surface area contributed by atoms with E-state index in [1.807, 2.05) is 0 Å². The average molecular weight is 680 g/mol. The first kappa shape index (κ1) is 31.0. The van der Waals surface area contributed by atoms with Crippen LogP contribution in [0, 0.1) is 0 Å². The second-order valence-corrected chi connectivity index (χ2v) is 12.5. The molecule has 3 atom stereocenters. The van der Waals surface area contributed by atoms with E-state index in [0.29, 0.717) is 5.52 Å². The van der Waals surface area contributed by atoms with E-state index in [2.05, 4.69) is 30.8 Å². The van der Waals surface area contributed by atoms with E-state index in [1.54, 1.807) is 12.1 Å². The van der Waals surface area contributed by atoms with Gasteiger partial charge in [0, 0.05) is 23.7 Å². The van der Waals surface area contributed by atoms with Crippen molar-refractivity contribution in [2.45, 2.75) is 24.1 Å². The van der Waals surface area contributed by atoms with Gasteiger partial charge in [0.15, 0.2) is 5.01 Å². The van der Waals surface area contributed by atoms with Crippen LogP contribution in [-0.4, -0.2) is 86.1 Å². The van der Waals surface area contributed by atoms with E-state index in [1.165, 1.54) is 48.4 Å². The molecular weight excluding hydrogens is 659 g/mol. The number of phenols is 1. The summed E-state index contributed by atoms with van der Waals surface area (Å²) in [6.45, 7) is -0.366. The number of aliphatic carboxylic acids is 1. The summed E-state index contributed by atoms with van der Waals surface area (Å²) >= 11 is 7.63. The fourth-order valence-corrected chi connectivity index (χ4v) is 7.40. The Bertz CT molecular complexity index is 2030. The molecule has 0 spiro atoms. The van der Waals surface area contributed by atoms with Crippen LogP contribution in [-0.2, 0) is 21.0 Å². The van der Waals surface area contributed by atoms with Crippen molar-refractivity contribution in [2.24, 2.45) is 0 Å². The number of H-pyrrole nitrogens is 1. The van der Waals surface area contributed by atoms with Gasteiger partial charge in [0.1, 0.15) is 45.0 Å². The van der Waals surface area contributed by atoms with Gasteiger partial charge < -0.3 is 30.9 Å². The number of nitrogens with zero attached hydrogens (tertiary/aromatic N) is 4. The minimum atomic E-state index is -1.42. The smallest absolute Gasteiger partial charge is 0.353 e. The molecule has 1 saturated heterocycles. The number of aliphatic hydroxyl groups is 1. The van der Waals surface area contributed by atoms with E-state index in [9.17, 15) is 39.3 Å². The number of β-lactam (4-membered cyclic amide) rings is 1. The van der Waals surface area contributed by atoms with E-state index in [0.717, 1.165) is 16.2 Å². The van der Waals surface area contributed by atoms with Crippen molar-refractivity contribution < 1.29 is 34.5 Å². The van der Waals surface area contributed by atoms with Crippen LogP contribution < -0.4 is 16.1 Å². The molecule has 234 valence electrons. The molecule has 2 aliphatic rings. The van der Waals surface area contributed by atoms with Crippen molar-refractivity contribution >= 4 is 74.9 Å². The standard InChI is InChI=1S/C28H21N7O8S3/c36-9-16-33-34-25(46-16)22(44)14-10-45-27-19(26(41)35(27)20(14)28(42)43)32-24(40)17(11-3-5-12(37)6-4-11)31-23(39)13-8-30-15-2-1-7-29-18(15)21(13)38/h1-8,17,19,27,36-37H,9-10H2,(H,30,38)(H,31,39)(H,32,40)(H,42,43)/t17?,19?,27-/m0/s1. The first-order valence-electron chi connectivity index (χ1n) is 13.3. The molecule has 1 aromatic carbocycles. The number of amides is 3. The van der Waals surface area contributed by atoms with E-state index < -0.39 is 46.6 Å². The van der Waals surface area contributed by atoms with Crippen LogP contribution in [0.2, 0.25) is 0 Å². The van der Waals surface area contributed by atoms with Crippen LogP contribution in [0.25, 0.3) is 11.0 Å². The molecule has 15 nitrogen and oxygen atoms in total. The number of carboxylic acid groups (broad SMARTS) is 1. The van der Waals surface area contributed by atoms with Crippen molar-refractivity contribution in [3.63, 3.8) is 0 Å². The number of carboxylic acids is 1. The molecule has 0 aliphatic carbocycles. The van der Waals surface area contributed by atoms with Gasteiger partial charge in [-0.25, -0.2) is 4.79 Å². The van der Waals surface area contributed by atoms with Crippen LogP contribution in [0.4, 0.5) is 0 Å². The summed E-state index contributed by atoms with van der Waals surface area (Å²) in [6.07, 6.45) is 2.60. The second kappa shape index (κ2) is 12.4. The predicted octanol–water partition coefficient (Wildman–Crippen LogP) is 0.600. The number of rotatable bonds is 9. The zero-order chi connectivity index (χ0) is 32.7. The van der Waals surface area contributed by atoms with E-state index in [-0.39, 0.29) is 60.9 Å². The average Bonchev–Trinajstić information content (AvgIpc) is 3.55. The van der Waals surface area contributed by atoms with Gasteiger partial charge in [-0.05, 0) is 29.8 Å². The first-order chi connectivity index (χ1) is 22.1. The highest BCUT2D eigenvalue weighted by Gasteiger charge is 2.55. The van der Waals surface area contributed by atoms with Gasteiger partial charge in [-0.1, -0.05) is 35.7 Å². The molecule has 5 heterocycles. The summed E-state index contributed by atoms with van der Waals surface area (Å²) < 4.78 is 0. The Morgan fingerprint density at radius 3 is 2.61 bits per heavy atom. The highest BCUT2D eigenvalue weighted by molar-refractivity contribution is 8.00. The minimum absolute atomic E-state index is 0.0244. The highest BCUT2D eigenvalue weighted by atomic mass is 32.2. The maximum Gasteiger partial charge on any atom is 0.353 e. The number of thiocarbonyl (C=S) groups is 1. The number of thioether (sulfide) groups is 1. The lowest BCUT2D eigenvalue weighted by Crippen LogP contribution is -2.71. The Morgan fingerprint density at radius 1 is 1.15 bits per heavy atom. The first-order valence-corrected chi connectivity index (χ1v) is 15.6. The van der Waals surface area contributed by atoms with Gasteiger partial charge in [-0.3, -0.25) is 29.1 Å². The third kappa shape index (κ3) is 5.51. The number of aromatic amines is 1. The Morgan fingerprint density at radius 2 is 1.91 bits per heavy atom. The molecular formula is C28H21N7O8S3. The predicted molar refractivity (Wildman–Crippen MR) is 168 cm³/mol. The molecule has 6 N–H and O–H groups in total. The third-order valence-corrected chi connectivity index (χ3v) is 9.96. The zero-order valence-corrected chi connectivity index (χ0v) is 25.6. The van der Waals surface area contributed by atoms with E-state index >= 15 is 0 Å². The summed E-state index contributed by atoms with van der Waals surface area (Å²) in [6, 6.07) is 6.05. The minimum Gasteiger partial charge on any atom is -0.508 e. The largest absolute Gasteiger partial charge is 0.508 e. The molecule has 1 fully saturated rings. The second-order valence-electron chi connectivity index (χ2n) is 9.95. The van der Waals surface area contributed by atoms with Crippen LogP contribution in [0.5, 0.6) is 5.75 Å². The Hall–Kier alpha value is -5.04. The molecule has 3 amide bonds. The molecule has 18 heteroatoms. The number of aromatic hydroxyl groups is 1. The highest BCUT2D eigenvalue weighted by Crippen LogP contribution is 2.41. The summed E-state index contributed by atoms with van der Waals surface area (Å²) in [5.41, 5.74) is -0.481. The number of carbonyl (C=O) groups excluding carboxylic acids is 3. The molecule has 46 heavy (non-hydrogen) atoms. The lowest BCUT2D eigenvalue weighted by Gasteiger charge is -2.49. The van der Waals surface area contributed by atoms with Gasteiger partial charge >= 0.3 is 5.97 Å². The van der Waals surface area contributed by atoms with Gasteiger partial charge in [0.25, 0.3) is 11.8 Å². The Kier molecular flexibility index (Phi) is 8.34. The molecule has 6 rings (SSSR count). The summed E-state index contributed by atoms with van der Waals surface area (Å²) in [5, 5.41) is 41.6. The summed E-state index contributed by atoms with van der Waals surface area (Å²) in [7, 11) is 0. The SMILES string of the molecule is O=C(O)C1=C(C(=S)c2nnc(CO)s2)CS[C@H]2C(NC(=O)C(NC(=O)c3c[nH]c4cccnc4c3=O)c3ccc(O)cc3)C(=O)N12. The van der Waals surface area contributed by atoms with Crippen LogP contribution in [0.3, 0.4) is 0 Å². The number of carbonyl (C=O) groups is 4. The fraction of sp³-hybridized carbons (Fsp3) is 0.179. The van der Waals surface area contributed by atoms with Crippen LogP contribution in [0.1, 0.15) is 32.0 Å². The summed E-state index contributed by atoms with van der Waals surface area (Å²) in [4.78, 5) is 73.6. The maximum absolute atomic E-state index is 13.7. The lowest BCUT2D eigenvalue weighted by molar-refractivity contribution is -0.150. The number of pyridine rings is 2. The van der Waals surface area contributed by atoms with Crippen molar-refractivity contribution in [1.29, 1.82) is 0 Å². The number of hydrogen-bond acceptors (Lipinski definition) is 13. The molecule has 4 aromatic rings. The number of phenolic OH excluding ortho intramolecular Hbond substituents is 1. The molecule has 0 bridgehead atoms. The van der Waals surface area contributed by atoms with Gasteiger partial charge in [-0.2, -0.15) is 0 Å². The third-order valence-electron chi connectivity index (χ3n) is 7.19. The van der Waals surface area contributed by atoms with Crippen molar-refractivity contribution in [2.75, 3.05) is 5.75 Å². The molecule has 0 saturated carbocycles. The number of nitrogens with one attached hydrogen (secondary N) is 3. The molecule has 2 unspecified atom stereocenters. The fourth-order valence-electron chi connectivity index (χ4n) is 4.96. The summed E-state index contributed by atoms with van der Waals surface area (Å²) in [5.74, 6) is -3.86. The number of fused-ring (bicyclic) bond motifs is 2. The maximum atomic E-state index is 13.7. The topological polar surface area (TPSA) is 228 Å². The van der Waals surface area contributed by atoms with Gasteiger partial charge in [-0.15, -0.1) is 22.0 Å². The lowest BCUT2D eigenvalue weighted by atomic mass is 9.99. The molecule has 3 aromatic heterocycles. The Balaban J connectivity index is 1.25. The van der Waals surface area contributed by atoms with E-state index in [4.69, 9.17) is 12.2 Å². The quantitative estimate of drug-likeness (QED) is 0.0810. The molecule has 2 aliphatic heterocycles. The van der Waals surface area contributed by atoms with Crippen molar-refractivity contribution in [3.05, 3.63) is 91.4 Å². The zero-order valence-electron chi connectivity index (χ0n) is 23.2. The van der Waals surface area contributed by atoms with Gasteiger partial charge in [0.05, 0.1) is 17.0 Å². The van der Waals surface area contributed by atoms with Crippen molar-refractivity contribution in [3.8, 4) is 5.75 Å². The number of aromatic nitrogens is 4. The number of aliphatic hydroxyl groups excluding tert-OH is 1. The van der Waals surface area contributed by atoms with Crippen LogP contribution >= 0.6 is 35.3 Å². The Labute approximate surface area is 271 Å². The van der Waals surface area contributed by atoms with Gasteiger partial charge in [0.2, 0.25) is 11.3 Å². The van der Waals surface area contributed by atoms with Crippen molar-refractivity contribution in [1.82, 2.24) is 35.7 Å². The normalized spacial score (nSPS) is 18.0.